The lowest BCUT2D eigenvalue weighted by molar-refractivity contribution is -0.139. The van der Waals surface area contributed by atoms with Crippen LogP contribution in [0.1, 0.15) is 18.4 Å². The second-order valence-electron chi connectivity index (χ2n) is 7.05. The molecule has 0 aromatic heterocycles. The van der Waals surface area contributed by atoms with Crippen molar-refractivity contribution >= 4 is 5.91 Å². The van der Waals surface area contributed by atoms with Crippen LogP contribution in [-0.2, 0) is 11.3 Å². The standard InChI is InChI=1S/C19H29N3O2/c1-20-9-11-22(12-10-20)19(23)17-6-4-8-21(15-17)14-16-5-3-7-18(13-16)24-2/h3,5,7,13,17H,4,6,8-12,14-15H2,1-2H3/t17-/m1/s1. The fourth-order valence-corrected chi connectivity index (χ4v) is 3.71. The molecule has 1 amide bonds. The summed E-state index contributed by atoms with van der Waals surface area (Å²) in [5, 5.41) is 0. The van der Waals surface area contributed by atoms with Gasteiger partial charge in [0.15, 0.2) is 0 Å². The van der Waals surface area contributed by atoms with Gasteiger partial charge in [-0.05, 0) is 44.1 Å². The normalized spacial score (nSPS) is 23.2. The zero-order chi connectivity index (χ0) is 16.9. The summed E-state index contributed by atoms with van der Waals surface area (Å²) in [5.41, 5.74) is 1.25. The molecule has 1 aromatic carbocycles. The van der Waals surface area contributed by atoms with Crippen LogP contribution >= 0.6 is 0 Å². The maximum Gasteiger partial charge on any atom is 0.227 e. The fraction of sp³-hybridized carbons (Fsp3) is 0.632. The summed E-state index contributed by atoms with van der Waals surface area (Å²) >= 11 is 0. The van der Waals surface area contributed by atoms with Gasteiger partial charge in [-0.2, -0.15) is 0 Å². The van der Waals surface area contributed by atoms with E-state index in [2.05, 4.69) is 33.9 Å². The van der Waals surface area contributed by atoms with Gasteiger partial charge in [0, 0.05) is 39.3 Å². The topological polar surface area (TPSA) is 36.0 Å². The number of nitrogens with zero attached hydrogens (tertiary/aromatic N) is 3. The molecule has 2 aliphatic heterocycles. The lowest BCUT2D eigenvalue weighted by Crippen LogP contribution is -2.51. The molecule has 2 heterocycles. The van der Waals surface area contributed by atoms with Crippen molar-refractivity contribution in [3.05, 3.63) is 29.8 Å². The van der Waals surface area contributed by atoms with Gasteiger partial charge in [0.2, 0.25) is 5.91 Å². The Balaban J connectivity index is 1.56. The highest BCUT2D eigenvalue weighted by atomic mass is 16.5. The van der Waals surface area contributed by atoms with Crippen molar-refractivity contribution in [2.24, 2.45) is 5.92 Å². The molecule has 0 bridgehead atoms. The van der Waals surface area contributed by atoms with E-state index in [1.165, 1.54) is 5.56 Å². The minimum atomic E-state index is 0.160. The number of hydrogen-bond acceptors (Lipinski definition) is 4. The summed E-state index contributed by atoms with van der Waals surface area (Å²) in [6, 6.07) is 8.23. The van der Waals surface area contributed by atoms with Crippen molar-refractivity contribution in [3.63, 3.8) is 0 Å². The fourth-order valence-electron chi connectivity index (χ4n) is 3.71. The zero-order valence-corrected chi connectivity index (χ0v) is 14.9. The number of benzene rings is 1. The van der Waals surface area contributed by atoms with Crippen molar-refractivity contribution in [2.75, 3.05) is 53.4 Å². The molecular formula is C19H29N3O2. The van der Waals surface area contributed by atoms with Crippen molar-refractivity contribution in [3.8, 4) is 5.75 Å². The predicted octanol–water partition coefficient (Wildman–Crippen LogP) is 1.68. The smallest absolute Gasteiger partial charge is 0.227 e. The summed E-state index contributed by atoms with van der Waals surface area (Å²) in [7, 11) is 3.82. The van der Waals surface area contributed by atoms with Crippen LogP contribution in [-0.4, -0.2) is 74.0 Å². The molecule has 0 unspecified atom stereocenters. The maximum atomic E-state index is 12.8. The second-order valence-corrected chi connectivity index (χ2v) is 7.05. The molecule has 0 saturated carbocycles. The average molecular weight is 331 g/mol. The van der Waals surface area contributed by atoms with E-state index in [1.807, 2.05) is 12.1 Å². The first-order chi connectivity index (χ1) is 11.7. The third-order valence-corrected chi connectivity index (χ3v) is 5.21. The summed E-state index contributed by atoms with van der Waals surface area (Å²) in [4.78, 5) is 19.6. The van der Waals surface area contributed by atoms with E-state index in [-0.39, 0.29) is 5.92 Å². The summed E-state index contributed by atoms with van der Waals surface area (Å²) in [6.07, 6.45) is 2.13. The summed E-state index contributed by atoms with van der Waals surface area (Å²) in [6.45, 7) is 6.58. The van der Waals surface area contributed by atoms with Crippen molar-refractivity contribution in [1.82, 2.24) is 14.7 Å². The van der Waals surface area contributed by atoms with Crippen LogP contribution in [0.4, 0.5) is 0 Å². The van der Waals surface area contributed by atoms with Gasteiger partial charge < -0.3 is 14.5 Å². The Morgan fingerprint density at radius 3 is 2.75 bits per heavy atom. The molecule has 0 N–H and O–H groups in total. The molecule has 1 atom stereocenters. The lowest BCUT2D eigenvalue weighted by Gasteiger charge is -2.38. The van der Waals surface area contributed by atoms with Crippen molar-refractivity contribution in [2.45, 2.75) is 19.4 Å². The van der Waals surface area contributed by atoms with E-state index in [0.29, 0.717) is 5.91 Å². The van der Waals surface area contributed by atoms with Crippen molar-refractivity contribution in [1.29, 1.82) is 0 Å². The van der Waals surface area contributed by atoms with E-state index < -0.39 is 0 Å². The van der Waals surface area contributed by atoms with E-state index >= 15 is 0 Å². The van der Waals surface area contributed by atoms with Gasteiger partial charge in [0.05, 0.1) is 13.0 Å². The first kappa shape index (κ1) is 17.2. The van der Waals surface area contributed by atoms with E-state index in [0.717, 1.165) is 64.4 Å². The Bertz CT molecular complexity index is 555. The molecule has 132 valence electrons. The monoisotopic (exact) mass is 331 g/mol. The number of piperidine rings is 1. The van der Waals surface area contributed by atoms with Crippen LogP contribution in [0, 0.1) is 5.92 Å². The van der Waals surface area contributed by atoms with Gasteiger partial charge in [-0.1, -0.05) is 12.1 Å². The number of piperazine rings is 1. The molecule has 1 aromatic rings. The maximum absolute atomic E-state index is 12.8. The van der Waals surface area contributed by atoms with Gasteiger partial charge in [0.25, 0.3) is 0 Å². The number of carbonyl (C=O) groups excluding carboxylic acids is 1. The Morgan fingerprint density at radius 1 is 1.21 bits per heavy atom. The predicted molar refractivity (Wildman–Crippen MR) is 95.1 cm³/mol. The molecule has 5 heteroatoms. The van der Waals surface area contributed by atoms with E-state index in [9.17, 15) is 4.79 Å². The second kappa shape index (κ2) is 7.99. The lowest BCUT2D eigenvalue weighted by atomic mass is 9.95. The van der Waals surface area contributed by atoms with Crippen LogP contribution in [0.5, 0.6) is 5.75 Å². The van der Waals surface area contributed by atoms with Gasteiger partial charge in [-0.15, -0.1) is 0 Å². The largest absolute Gasteiger partial charge is 0.497 e. The molecule has 24 heavy (non-hydrogen) atoms. The van der Waals surface area contributed by atoms with Crippen molar-refractivity contribution < 1.29 is 9.53 Å². The highest BCUT2D eigenvalue weighted by Gasteiger charge is 2.30. The molecular weight excluding hydrogens is 302 g/mol. The number of hydrogen-bond donors (Lipinski definition) is 0. The third-order valence-electron chi connectivity index (χ3n) is 5.21. The summed E-state index contributed by atoms with van der Waals surface area (Å²) < 4.78 is 5.31. The zero-order valence-electron chi connectivity index (χ0n) is 14.9. The van der Waals surface area contributed by atoms with Gasteiger partial charge in [0.1, 0.15) is 5.75 Å². The third kappa shape index (κ3) is 4.28. The molecule has 3 rings (SSSR count). The van der Waals surface area contributed by atoms with E-state index in [4.69, 9.17) is 4.74 Å². The highest BCUT2D eigenvalue weighted by molar-refractivity contribution is 5.79. The number of likely N-dealkylation sites (tertiary alicyclic amines) is 1. The number of ether oxygens (including phenoxy) is 1. The van der Waals surface area contributed by atoms with Crippen LogP contribution in [0.25, 0.3) is 0 Å². The Kier molecular flexibility index (Phi) is 5.74. The average Bonchev–Trinajstić information content (AvgIpc) is 2.62. The summed E-state index contributed by atoms with van der Waals surface area (Å²) in [5.74, 6) is 1.42. The minimum absolute atomic E-state index is 0.160. The molecule has 0 radical (unpaired) electrons. The molecule has 2 aliphatic rings. The first-order valence-corrected chi connectivity index (χ1v) is 8.98. The quantitative estimate of drug-likeness (QED) is 0.841. The van der Waals surface area contributed by atoms with Gasteiger partial charge >= 0.3 is 0 Å². The Morgan fingerprint density at radius 2 is 2.00 bits per heavy atom. The molecule has 0 spiro atoms. The van der Waals surface area contributed by atoms with Gasteiger partial charge in [-0.25, -0.2) is 0 Å². The Labute approximate surface area is 145 Å². The number of amides is 1. The van der Waals surface area contributed by atoms with Crippen LogP contribution in [0.15, 0.2) is 24.3 Å². The first-order valence-electron chi connectivity index (χ1n) is 8.98. The number of rotatable bonds is 4. The van der Waals surface area contributed by atoms with E-state index in [1.54, 1.807) is 7.11 Å². The number of likely N-dealkylation sites (N-methyl/N-ethyl adjacent to an activating group) is 1. The van der Waals surface area contributed by atoms with Crippen LogP contribution in [0.2, 0.25) is 0 Å². The van der Waals surface area contributed by atoms with Crippen LogP contribution in [0.3, 0.4) is 0 Å². The highest BCUT2D eigenvalue weighted by Crippen LogP contribution is 2.22. The SMILES string of the molecule is COc1cccc(CN2CCC[C@@H](C(=O)N3CCN(C)CC3)C2)c1. The number of methoxy groups -OCH3 is 1. The Hall–Kier alpha value is -1.59. The van der Waals surface area contributed by atoms with Gasteiger partial charge in [-0.3, -0.25) is 9.69 Å². The molecule has 5 nitrogen and oxygen atoms in total. The minimum Gasteiger partial charge on any atom is -0.497 e. The molecule has 0 aliphatic carbocycles. The molecule has 2 fully saturated rings. The number of carbonyl (C=O) groups is 1. The van der Waals surface area contributed by atoms with Crippen LogP contribution < -0.4 is 4.74 Å². The molecule has 2 saturated heterocycles.